The summed E-state index contributed by atoms with van der Waals surface area (Å²) in [5.41, 5.74) is 1.38. The van der Waals surface area contributed by atoms with Crippen LogP contribution in [0.2, 0.25) is 5.02 Å². The van der Waals surface area contributed by atoms with Crippen LogP contribution in [-0.2, 0) is 16.6 Å². The molecule has 0 radical (unpaired) electrons. The molecule has 1 aromatic carbocycles. The van der Waals surface area contributed by atoms with Crippen molar-refractivity contribution in [2.24, 2.45) is 5.92 Å². The first-order chi connectivity index (χ1) is 7.52. The molecule has 1 atom stereocenters. The van der Waals surface area contributed by atoms with Crippen LogP contribution in [0.4, 0.5) is 0 Å². The highest BCUT2D eigenvalue weighted by Gasteiger charge is 2.08. The second-order valence-electron chi connectivity index (χ2n) is 4.06. The molecule has 0 bridgehead atoms. The fourth-order valence-electron chi connectivity index (χ4n) is 1.34. The maximum Gasteiger partial charge on any atom is 0.0992 e. The zero-order valence-electron chi connectivity index (χ0n) is 9.37. The third-order valence-electron chi connectivity index (χ3n) is 2.02. The molecule has 0 N–H and O–H groups in total. The lowest BCUT2D eigenvalue weighted by atomic mass is 10.2. The number of nitrogens with zero attached hydrogens (tertiary/aromatic N) is 1. The fourth-order valence-corrected chi connectivity index (χ4v) is 3.12. The van der Waals surface area contributed by atoms with E-state index < -0.39 is 10.8 Å². The molecule has 0 fully saturated rings. The quantitative estimate of drug-likeness (QED) is 0.830. The van der Waals surface area contributed by atoms with Crippen LogP contribution < -0.4 is 0 Å². The van der Waals surface area contributed by atoms with E-state index in [0.29, 0.717) is 28.0 Å². The highest BCUT2D eigenvalue weighted by Crippen LogP contribution is 2.19. The van der Waals surface area contributed by atoms with Gasteiger partial charge in [0.2, 0.25) is 0 Å². The lowest BCUT2D eigenvalue weighted by Gasteiger charge is -2.06. The zero-order valence-corrected chi connectivity index (χ0v) is 10.9. The van der Waals surface area contributed by atoms with Gasteiger partial charge in [-0.15, -0.1) is 0 Å². The average molecular weight is 256 g/mol. The van der Waals surface area contributed by atoms with E-state index in [1.54, 1.807) is 18.2 Å². The second-order valence-corrected chi connectivity index (χ2v) is 5.97. The van der Waals surface area contributed by atoms with Gasteiger partial charge in [0.1, 0.15) is 0 Å². The Hall–Kier alpha value is -0.850. The van der Waals surface area contributed by atoms with Crippen LogP contribution in [0.1, 0.15) is 25.0 Å². The molecule has 4 heteroatoms. The molecule has 0 aliphatic rings. The van der Waals surface area contributed by atoms with Gasteiger partial charge in [0.15, 0.2) is 0 Å². The molecule has 86 valence electrons. The number of rotatable bonds is 4. The first kappa shape index (κ1) is 13.2. The van der Waals surface area contributed by atoms with Crippen LogP contribution in [0.25, 0.3) is 0 Å². The maximum absolute atomic E-state index is 11.7. The van der Waals surface area contributed by atoms with Gasteiger partial charge in [0.05, 0.1) is 17.4 Å². The summed E-state index contributed by atoms with van der Waals surface area (Å²) in [6.07, 6.45) is 0. The van der Waals surface area contributed by atoms with Gasteiger partial charge >= 0.3 is 0 Å². The summed E-state index contributed by atoms with van der Waals surface area (Å²) in [5.74, 6) is 1.55. The highest BCUT2D eigenvalue weighted by molar-refractivity contribution is 7.84. The lowest BCUT2D eigenvalue weighted by Crippen LogP contribution is -2.07. The molecule has 0 saturated carbocycles. The molecule has 0 spiro atoms. The molecule has 0 aliphatic carbocycles. The van der Waals surface area contributed by atoms with Gasteiger partial charge in [0, 0.05) is 21.6 Å². The van der Waals surface area contributed by atoms with E-state index in [-0.39, 0.29) is 0 Å². The minimum Gasteiger partial charge on any atom is -0.259 e. The fraction of sp³-hybridized carbons (Fsp3) is 0.417. The van der Waals surface area contributed by atoms with E-state index in [9.17, 15) is 4.21 Å². The molecule has 2 nitrogen and oxygen atoms in total. The largest absolute Gasteiger partial charge is 0.259 e. The van der Waals surface area contributed by atoms with Gasteiger partial charge in [-0.25, -0.2) is 0 Å². The predicted molar refractivity (Wildman–Crippen MR) is 67.7 cm³/mol. The van der Waals surface area contributed by atoms with Crippen molar-refractivity contribution in [3.05, 3.63) is 34.3 Å². The van der Waals surface area contributed by atoms with Crippen molar-refractivity contribution in [2.45, 2.75) is 19.6 Å². The summed E-state index contributed by atoms with van der Waals surface area (Å²) in [6, 6.07) is 7.11. The van der Waals surface area contributed by atoms with Gasteiger partial charge in [-0.1, -0.05) is 31.5 Å². The van der Waals surface area contributed by atoms with Crippen LogP contribution in [0.3, 0.4) is 0 Å². The molecule has 0 aliphatic heterocycles. The third-order valence-corrected chi connectivity index (χ3v) is 4.04. The smallest absolute Gasteiger partial charge is 0.0992 e. The minimum atomic E-state index is -0.887. The molecule has 0 heterocycles. The Morgan fingerprint density at radius 3 is 2.69 bits per heavy atom. The van der Waals surface area contributed by atoms with E-state index in [2.05, 4.69) is 0 Å². The van der Waals surface area contributed by atoms with Crippen LogP contribution >= 0.6 is 11.6 Å². The van der Waals surface area contributed by atoms with E-state index in [0.717, 1.165) is 5.56 Å². The zero-order chi connectivity index (χ0) is 12.1. The van der Waals surface area contributed by atoms with E-state index in [4.69, 9.17) is 16.9 Å². The molecule has 16 heavy (non-hydrogen) atoms. The number of nitriles is 1. The maximum atomic E-state index is 11.7. The van der Waals surface area contributed by atoms with E-state index in [1.807, 2.05) is 19.9 Å². The van der Waals surface area contributed by atoms with Crippen molar-refractivity contribution in [3.63, 3.8) is 0 Å². The van der Waals surface area contributed by atoms with Gasteiger partial charge in [-0.2, -0.15) is 5.26 Å². The van der Waals surface area contributed by atoms with Crippen LogP contribution in [0.5, 0.6) is 0 Å². The van der Waals surface area contributed by atoms with Crippen molar-refractivity contribution in [1.29, 1.82) is 5.26 Å². The monoisotopic (exact) mass is 255 g/mol. The van der Waals surface area contributed by atoms with E-state index >= 15 is 0 Å². The SMILES string of the molecule is CC(C)CS(=O)Cc1ccc(C#N)cc1Cl. The molecule has 0 saturated heterocycles. The topological polar surface area (TPSA) is 40.9 Å². The second kappa shape index (κ2) is 6.03. The summed E-state index contributed by atoms with van der Waals surface area (Å²) >= 11 is 6.00. The standard InChI is InChI=1S/C12H14ClNOS/c1-9(2)7-16(15)8-11-4-3-10(6-14)5-12(11)13/h3-5,9H,7-8H2,1-2H3. The first-order valence-corrected chi connectivity index (χ1v) is 6.93. The molecular formula is C12H14ClNOS. The molecule has 1 rings (SSSR count). The Morgan fingerprint density at radius 2 is 2.19 bits per heavy atom. The number of hydrogen-bond donors (Lipinski definition) is 0. The Kier molecular flexibility index (Phi) is 4.98. The Labute approximate surface area is 104 Å². The Balaban J connectivity index is 2.75. The van der Waals surface area contributed by atoms with Crippen molar-refractivity contribution in [3.8, 4) is 6.07 Å². The van der Waals surface area contributed by atoms with Gasteiger partial charge in [-0.3, -0.25) is 4.21 Å². The summed E-state index contributed by atoms with van der Waals surface area (Å²) in [6.45, 7) is 4.08. The molecule has 1 aromatic rings. The summed E-state index contributed by atoms with van der Waals surface area (Å²) in [7, 11) is -0.887. The minimum absolute atomic E-state index is 0.415. The third kappa shape index (κ3) is 3.96. The highest BCUT2D eigenvalue weighted by atomic mass is 35.5. The Morgan fingerprint density at radius 1 is 1.50 bits per heavy atom. The van der Waals surface area contributed by atoms with Crippen molar-refractivity contribution in [2.75, 3.05) is 5.75 Å². The van der Waals surface area contributed by atoms with Crippen molar-refractivity contribution in [1.82, 2.24) is 0 Å². The van der Waals surface area contributed by atoms with Crippen molar-refractivity contribution < 1.29 is 4.21 Å². The summed E-state index contributed by atoms with van der Waals surface area (Å²) in [4.78, 5) is 0. The Bertz CT molecular complexity index is 437. The number of benzene rings is 1. The molecule has 0 amide bonds. The number of hydrogen-bond acceptors (Lipinski definition) is 2. The average Bonchev–Trinajstić information content (AvgIpc) is 2.19. The summed E-state index contributed by atoms with van der Waals surface area (Å²) < 4.78 is 11.7. The summed E-state index contributed by atoms with van der Waals surface area (Å²) in [5, 5.41) is 9.21. The normalized spacial score (nSPS) is 12.4. The van der Waals surface area contributed by atoms with Gasteiger partial charge in [0.25, 0.3) is 0 Å². The molecular weight excluding hydrogens is 242 g/mol. The molecule has 1 unspecified atom stereocenters. The number of halogens is 1. The van der Waals surface area contributed by atoms with Gasteiger partial charge < -0.3 is 0 Å². The van der Waals surface area contributed by atoms with E-state index in [1.165, 1.54) is 0 Å². The predicted octanol–water partition coefficient (Wildman–Crippen LogP) is 3.12. The lowest BCUT2D eigenvalue weighted by molar-refractivity contribution is 0.664. The van der Waals surface area contributed by atoms with Crippen LogP contribution in [-0.4, -0.2) is 9.96 Å². The molecule has 0 aromatic heterocycles. The van der Waals surface area contributed by atoms with Crippen LogP contribution in [0, 0.1) is 17.2 Å². The van der Waals surface area contributed by atoms with Crippen LogP contribution in [0.15, 0.2) is 18.2 Å². The van der Waals surface area contributed by atoms with Crippen molar-refractivity contribution >= 4 is 22.4 Å². The first-order valence-electron chi connectivity index (χ1n) is 5.06. The van der Waals surface area contributed by atoms with Gasteiger partial charge in [-0.05, 0) is 23.6 Å².